The van der Waals surface area contributed by atoms with Gasteiger partial charge in [0.05, 0.1) is 12.1 Å². The SMILES string of the molecule is CCOc1ccc(-n2cc(CCc3ccccc3)c3cc(CCC(=O)C(F)(F)F)ccc32)cc1. The highest BCUT2D eigenvalue weighted by molar-refractivity contribution is 5.87. The number of halogens is 3. The normalized spacial score (nSPS) is 11.6. The van der Waals surface area contributed by atoms with Crippen LogP contribution in [0.4, 0.5) is 13.2 Å². The number of hydrogen-bond donors (Lipinski definition) is 0. The minimum absolute atomic E-state index is 0.0562. The van der Waals surface area contributed by atoms with Crippen molar-refractivity contribution in [1.29, 1.82) is 0 Å². The van der Waals surface area contributed by atoms with E-state index in [0.717, 1.165) is 46.3 Å². The van der Waals surface area contributed by atoms with Gasteiger partial charge in [0.25, 0.3) is 0 Å². The first-order valence-electron chi connectivity index (χ1n) is 11.3. The average molecular weight is 466 g/mol. The Morgan fingerprint density at radius 3 is 2.29 bits per heavy atom. The van der Waals surface area contributed by atoms with E-state index >= 15 is 0 Å². The van der Waals surface area contributed by atoms with Gasteiger partial charge < -0.3 is 9.30 Å². The van der Waals surface area contributed by atoms with Gasteiger partial charge >= 0.3 is 6.18 Å². The highest BCUT2D eigenvalue weighted by atomic mass is 19.4. The fourth-order valence-corrected chi connectivity index (χ4v) is 4.11. The maximum atomic E-state index is 12.6. The lowest BCUT2D eigenvalue weighted by Gasteiger charge is -2.09. The zero-order valence-corrected chi connectivity index (χ0v) is 18.9. The third-order valence-corrected chi connectivity index (χ3v) is 5.86. The summed E-state index contributed by atoms with van der Waals surface area (Å²) in [6.07, 6.45) is -1.56. The van der Waals surface area contributed by atoms with E-state index in [4.69, 9.17) is 4.74 Å². The standard InChI is InChI=1S/C28H26F3NO2/c1-2-34-24-14-12-23(13-15-24)32-19-22(11-8-20-6-4-3-5-7-20)25-18-21(9-16-26(25)32)10-17-27(33)28(29,30)31/h3-7,9,12-16,18-19H,2,8,10-11,17H2,1H3. The largest absolute Gasteiger partial charge is 0.494 e. The highest BCUT2D eigenvalue weighted by Crippen LogP contribution is 2.29. The number of Topliss-reactive ketones (excluding diaryl/α,β-unsaturated/α-hetero) is 1. The Labute approximate surface area is 196 Å². The molecular formula is C28H26F3NO2. The summed E-state index contributed by atoms with van der Waals surface area (Å²) in [5, 5.41) is 0.988. The minimum atomic E-state index is -4.79. The molecule has 4 aromatic rings. The molecule has 1 heterocycles. The molecular weight excluding hydrogens is 439 g/mol. The first-order chi connectivity index (χ1) is 16.3. The van der Waals surface area contributed by atoms with Gasteiger partial charge in [-0.15, -0.1) is 0 Å². The molecule has 0 N–H and O–H groups in total. The van der Waals surface area contributed by atoms with Crippen LogP contribution < -0.4 is 4.74 Å². The van der Waals surface area contributed by atoms with Crippen molar-refractivity contribution in [2.45, 2.75) is 38.8 Å². The molecule has 0 saturated carbocycles. The molecule has 176 valence electrons. The highest BCUT2D eigenvalue weighted by Gasteiger charge is 2.37. The lowest BCUT2D eigenvalue weighted by atomic mass is 10.0. The molecule has 0 bridgehead atoms. The Balaban J connectivity index is 1.67. The van der Waals surface area contributed by atoms with E-state index < -0.39 is 18.4 Å². The number of nitrogens with zero attached hydrogens (tertiary/aromatic N) is 1. The lowest BCUT2D eigenvalue weighted by molar-refractivity contribution is -0.171. The van der Waals surface area contributed by atoms with Crippen LogP contribution in [0.15, 0.2) is 79.0 Å². The fourth-order valence-electron chi connectivity index (χ4n) is 4.11. The Hall–Kier alpha value is -3.54. The van der Waals surface area contributed by atoms with Gasteiger partial charge in [-0.25, -0.2) is 0 Å². The predicted molar refractivity (Wildman–Crippen MR) is 128 cm³/mol. The van der Waals surface area contributed by atoms with Crippen LogP contribution in [0.5, 0.6) is 5.75 Å². The second-order valence-corrected chi connectivity index (χ2v) is 8.21. The maximum Gasteiger partial charge on any atom is 0.449 e. The molecule has 0 atom stereocenters. The molecule has 0 fully saturated rings. The summed E-state index contributed by atoms with van der Waals surface area (Å²) in [6.45, 7) is 2.53. The molecule has 0 spiro atoms. The molecule has 0 aliphatic heterocycles. The molecule has 0 amide bonds. The van der Waals surface area contributed by atoms with Gasteiger partial charge in [-0.05, 0) is 79.3 Å². The van der Waals surface area contributed by atoms with Crippen LogP contribution in [0.25, 0.3) is 16.6 Å². The molecule has 0 aliphatic carbocycles. The zero-order chi connectivity index (χ0) is 24.1. The predicted octanol–water partition coefficient (Wildman–Crippen LogP) is 6.88. The number of hydrogen-bond acceptors (Lipinski definition) is 2. The summed E-state index contributed by atoms with van der Waals surface area (Å²) < 4.78 is 45.5. The molecule has 4 rings (SSSR count). The molecule has 6 heteroatoms. The Morgan fingerprint density at radius 2 is 1.62 bits per heavy atom. The Morgan fingerprint density at radius 1 is 0.882 bits per heavy atom. The molecule has 3 nitrogen and oxygen atoms in total. The van der Waals surface area contributed by atoms with Crippen molar-refractivity contribution in [2.24, 2.45) is 0 Å². The van der Waals surface area contributed by atoms with E-state index in [1.165, 1.54) is 5.56 Å². The molecule has 0 saturated heterocycles. The zero-order valence-electron chi connectivity index (χ0n) is 18.9. The number of ether oxygens (including phenoxy) is 1. The van der Waals surface area contributed by atoms with E-state index in [1.54, 1.807) is 6.07 Å². The summed E-state index contributed by atoms with van der Waals surface area (Å²) in [4.78, 5) is 11.4. The van der Waals surface area contributed by atoms with Crippen molar-refractivity contribution in [1.82, 2.24) is 4.57 Å². The van der Waals surface area contributed by atoms with E-state index in [0.29, 0.717) is 6.61 Å². The number of fused-ring (bicyclic) bond motifs is 1. The number of aromatic nitrogens is 1. The van der Waals surface area contributed by atoms with Gasteiger partial charge in [-0.3, -0.25) is 4.79 Å². The van der Waals surface area contributed by atoms with Gasteiger partial charge in [0.2, 0.25) is 5.78 Å². The Kier molecular flexibility index (Phi) is 7.06. The average Bonchev–Trinajstić information content (AvgIpc) is 3.20. The molecule has 3 aromatic carbocycles. The van der Waals surface area contributed by atoms with Gasteiger partial charge in [0.1, 0.15) is 5.75 Å². The van der Waals surface area contributed by atoms with Gasteiger partial charge in [0, 0.05) is 23.7 Å². The minimum Gasteiger partial charge on any atom is -0.494 e. The van der Waals surface area contributed by atoms with Crippen molar-refractivity contribution in [3.8, 4) is 11.4 Å². The summed E-state index contributed by atoms with van der Waals surface area (Å²) >= 11 is 0. The van der Waals surface area contributed by atoms with E-state index in [2.05, 4.69) is 22.9 Å². The molecule has 34 heavy (non-hydrogen) atoms. The molecule has 0 radical (unpaired) electrons. The smallest absolute Gasteiger partial charge is 0.449 e. The van der Waals surface area contributed by atoms with Crippen LogP contribution in [-0.4, -0.2) is 23.1 Å². The van der Waals surface area contributed by atoms with E-state index in [-0.39, 0.29) is 6.42 Å². The number of ketones is 1. The van der Waals surface area contributed by atoms with Crippen LogP contribution in [0, 0.1) is 0 Å². The first kappa shape index (κ1) is 23.6. The number of alkyl halides is 3. The van der Waals surface area contributed by atoms with Crippen LogP contribution >= 0.6 is 0 Å². The van der Waals surface area contributed by atoms with Crippen molar-refractivity contribution < 1.29 is 22.7 Å². The second kappa shape index (κ2) is 10.2. The van der Waals surface area contributed by atoms with Gasteiger partial charge in [0.15, 0.2) is 0 Å². The van der Waals surface area contributed by atoms with Gasteiger partial charge in [-0.1, -0.05) is 36.4 Å². The van der Waals surface area contributed by atoms with Crippen molar-refractivity contribution >= 4 is 16.7 Å². The summed E-state index contributed by atoms with van der Waals surface area (Å²) in [5.74, 6) is -0.896. The van der Waals surface area contributed by atoms with Crippen molar-refractivity contribution in [3.63, 3.8) is 0 Å². The van der Waals surface area contributed by atoms with Gasteiger partial charge in [-0.2, -0.15) is 13.2 Å². The molecule has 0 aliphatic rings. The number of carbonyl (C=O) groups is 1. The Bertz CT molecular complexity index is 1260. The number of carbonyl (C=O) groups excluding carboxylic acids is 1. The van der Waals surface area contributed by atoms with E-state index in [1.807, 2.05) is 61.5 Å². The molecule has 1 aromatic heterocycles. The summed E-state index contributed by atoms with van der Waals surface area (Å²) in [7, 11) is 0. The monoisotopic (exact) mass is 465 g/mol. The topological polar surface area (TPSA) is 31.2 Å². The number of rotatable bonds is 9. The third kappa shape index (κ3) is 5.50. The van der Waals surface area contributed by atoms with Crippen LogP contribution in [-0.2, 0) is 24.1 Å². The number of aryl methyl sites for hydroxylation is 3. The van der Waals surface area contributed by atoms with Crippen molar-refractivity contribution in [2.75, 3.05) is 6.61 Å². The first-order valence-corrected chi connectivity index (χ1v) is 11.3. The van der Waals surface area contributed by atoms with Crippen molar-refractivity contribution in [3.05, 3.63) is 95.7 Å². The summed E-state index contributed by atoms with van der Waals surface area (Å²) in [5.41, 5.74) is 4.99. The summed E-state index contributed by atoms with van der Waals surface area (Å²) in [6, 6.07) is 23.6. The van der Waals surface area contributed by atoms with E-state index in [9.17, 15) is 18.0 Å². The fraction of sp³-hybridized carbons (Fsp3) is 0.250. The maximum absolute atomic E-state index is 12.6. The quantitative estimate of drug-likeness (QED) is 0.270. The third-order valence-electron chi connectivity index (χ3n) is 5.86. The van der Waals surface area contributed by atoms with Crippen LogP contribution in [0.1, 0.15) is 30.0 Å². The molecule has 0 unspecified atom stereocenters. The van der Waals surface area contributed by atoms with Crippen LogP contribution in [0.3, 0.4) is 0 Å². The van der Waals surface area contributed by atoms with Crippen LogP contribution in [0.2, 0.25) is 0 Å². The number of benzene rings is 3. The lowest BCUT2D eigenvalue weighted by Crippen LogP contribution is -2.22. The second-order valence-electron chi connectivity index (χ2n) is 8.21.